The van der Waals surface area contributed by atoms with Crippen LogP contribution < -0.4 is 11.2 Å². The molecule has 0 radical (unpaired) electrons. The van der Waals surface area contributed by atoms with E-state index in [4.69, 9.17) is 0 Å². The van der Waals surface area contributed by atoms with Gasteiger partial charge in [-0.3, -0.25) is 13.9 Å². The zero-order valence-electron chi connectivity index (χ0n) is 15.1. The van der Waals surface area contributed by atoms with Gasteiger partial charge in [0.2, 0.25) is 0 Å². The summed E-state index contributed by atoms with van der Waals surface area (Å²) in [5.41, 5.74) is -0.262. The second kappa shape index (κ2) is 7.34. The zero-order valence-corrected chi connectivity index (χ0v) is 15.1. The summed E-state index contributed by atoms with van der Waals surface area (Å²) in [4.78, 5) is 29.6. The Labute approximate surface area is 141 Å². The van der Waals surface area contributed by atoms with Crippen LogP contribution in [-0.4, -0.2) is 29.4 Å². The lowest BCUT2D eigenvalue weighted by atomic mass is 10.0. The molecule has 2 rings (SSSR count). The van der Waals surface area contributed by atoms with Crippen molar-refractivity contribution >= 4 is 11.2 Å². The molecule has 0 atom stereocenters. The first-order chi connectivity index (χ1) is 11.3. The van der Waals surface area contributed by atoms with E-state index >= 15 is 0 Å². The summed E-state index contributed by atoms with van der Waals surface area (Å²) in [5.74, 6) is 0. The summed E-state index contributed by atoms with van der Waals surface area (Å²) in [7, 11) is 0. The Morgan fingerprint density at radius 3 is 2.38 bits per heavy atom. The van der Waals surface area contributed by atoms with E-state index in [2.05, 4.69) is 4.98 Å². The van der Waals surface area contributed by atoms with E-state index in [1.54, 1.807) is 29.3 Å². The molecule has 2 aromatic rings. The number of aromatic nitrogens is 4. The van der Waals surface area contributed by atoms with Crippen molar-refractivity contribution in [1.29, 1.82) is 0 Å². The van der Waals surface area contributed by atoms with Crippen molar-refractivity contribution in [3.8, 4) is 0 Å². The van der Waals surface area contributed by atoms with Crippen molar-refractivity contribution in [3.05, 3.63) is 27.2 Å². The first-order valence-electron chi connectivity index (χ1n) is 8.71. The van der Waals surface area contributed by atoms with Gasteiger partial charge in [-0.05, 0) is 40.5 Å². The van der Waals surface area contributed by atoms with Crippen LogP contribution in [0.15, 0.2) is 15.9 Å². The topological polar surface area (TPSA) is 82.1 Å². The van der Waals surface area contributed by atoms with Crippen molar-refractivity contribution in [3.63, 3.8) is 0 Å². The normalized spacial score (nSPS) is 12.2. The van der Waals surface area contributed by atoms with Crippen LogP contribution in [-0.2, 0) is 19.6 Å². The lowest BCUT2D eigenvalue weighted by molar-refractivity contribution is 0.0679. The smallest absolute Gasteiger partial charge is 0.332 e. The van der Waals surface area contributed by atoms with Crippen LogP contribution in [0.1, 0.15) is 53.4 Å². The van der Waals surface area contributed by atoms with Crippen LogP contribution in [0.25, 0.3) is 11.2 Å². The molecule has 0 fully saturated rings. The van der Waals surface area contributed by atoms with Gasteiger partial charge >= 0.3 is 5.69 Å². The number of fused-ring (bicyclic) bond motifs is 1. The molecule has 134 valence electrons. The van der Waals surface area contributed by atoms with Crippen LogP contribution >= 0.6 is 0 Å². The quantitative estimate of drug-likeness (QED) is 0.744. The lowest BCUT2D eigenvalue weighted by Gasteiger charge is -2.16. The second-order valence-corrected chi connectivity index (χ2v) is 6.81. The van der Waals surface area contributed by atoms with Crippen LogP contribution in [0.4, 0.5) is 0 Å². The summed E-state index contributed by atoms with van der Waals surface area (Å²) < 4.78 is 4.66. The highest BCUT2D eigenvalue weighted by molar-refractivity contribution is 5.70. The third-order valence-electron chi connectivity index (χ3n) is 4.31. The number of imidazole rings is 1. The summed E-state index contributed by atoms with van der Waals surface area (Å²) in [6.45, 7) is 8.92. The van der Waals surface area contributed by atoms with E-state index in [9.17, 15) is 14.7 Å². The first kappa shape index (κ1) is 18.4. The molecule has 0 unspecified atom stereocenters. The molecule has 7 nitrogen and oxygen atoms in total. The van der Waals surface area contributed by atoms with Crippen LogP contribution in [0, 0.1) is 0 Å². The lowest BCUT2D eigenvalue weighted by Crippen LogP contribution is -2.40. The molecule has 0 saturated heterocycles. The fraction of sp³-hybridized carbons (Fsp3) is 0.706. The first-order valence-corrected chi connectivity index (χ1v) is 8.71. The molecular weight excluding hydrogens is 308 g/mol. The van der Waals surface area contributed by atoms with Gasteiger partial charge in [0.1, 0.15) is 0 Å². The van der Waals surface area contributed by atoms with Crippen LogP contribution in [0.5, 0.6) is 0 Å². The highest BCUT2D eigenvalue weighted by Crippen LogP contribution is 2.13. The van der Waals surface area contributed by atoms with Crippen molar-refractivity contribution in [1.82, 2.24) is 18.7 Å². The fourth-order valence-corrected chi connectivity index (χ4v) is 2.97. The van der Waals surface area contributed by atoms with Gasteiger partial charge in [-0.2, -0.15) is 0 Å². The number of rotatable bonds is 8. The summed E-state index contributed by atoms with van der Waals surface area (Å²) in [5, 5.41) is 9.72. The molecule has 0 aliphatic carbocycles. The molecule has 0 amide bonds. The molecule has 0 aliphatic heterocycles. The maximum absolute atomic E-state index is 12.7. The standard InChI is InChI=1S/C17H28N4O3/c1-5-19-12-18-14-13(19)15(22)21(16(23)20(14)6-2)11-9-7-8-10-17(3,4)24/h12,24H,5-11H2,1-4H3. The van der Waals surface area contributed by atoms with Crippen molar-refractivity contribution in [2.75, 3.05) is 0 Å². The molecular formula is C17H28N4O3. The average molecular weight is 336 g/mol. The molecule has 0 saturated carbocycles. The molecule has 2 aromatic heterocycles. The molecule has 1 N–H and O–H groups in total. The molecule has 7 heteroatoms. The number of aliphatic hydroxyl groups is 1. The second-order valence-electron chi connectivity index (χ2n) is 6.81. The summed E-state index contributed by atoms with van der Waals surface area (Å²) in [6.07, 6.45) is 4.80. The van der Waals surface area contributed by atoms with Crippen LogP contribution in [0.2, 0.25) is 0 Å². The Balaban J connectivity index is 2.27. The fourth-order valence-electron chi connectivity index (χ4n) is 2.97. The monoisotopic (exact) mass is 336 g/mol. The highest BCUT2D eigenvalue weighted by atomic mass is 16.3. The summed E-state index contributed by atoms with van der Waals surface area (Å²) >= 11 is 0. The van der Waals surface area contributed by atoms with Gasteiger partial charge in [0, 0.05) is 19.6 Å². The van der Waals surface area contributed by atoms with Gasteiger partial charge in [-0.15, -0.1) is 0 Å². The number of aryl methyl sites for hydroxylation is 2. The maximum atomic E-state index is 12.7. The molecule has 0 aliphatic rings. The number of nitrogens with zero attached hydrogens (tertiary/aromatic N) is 4. The zero-order chi connectivity index (χ0) is 17.9. The van der Waals surface area contributed by atoms with E-state index < -0.39 is 5.60 Å². The Morgan fingerprint density at radius 1 is 1.08 bits per heavy atom. The minimum absolute atomic E-state index is 0.262. The Kier molecular flexibility index (Phi) is 5.64. The third-order valence-corrected chi connectivity index (χ3v) is 4.31. The average Bonchev–Trinajstić information content (AvgIpc) is 2.93. The largest absolute Gasteiger partial charge is 0.390 e. The van der Waals surface area contributed by atoms with E-state index in [1.165, 1.54) is 4.57 Å². The molecule has 0 aromatic carbocycles. The van der Waals surface area contributed by atoms with Gasteiger partial charge in [-0.1, -0.05) is 12.8 Å². The van der Waals surface area contributed by atoms with Gasteiger partial charge in [0.05, 0.1) is 11.9 Å². The molecule has 24 heavy (non-hydrogen) atoms. The van der Waals surface area contributed by atoms with Gasteiger partial charge in [0.15, 0.2) is 11.2 Å². The molecule has 0 bridgehead atoms. The SMILES string of the molecule is CCn1cnc2c1c(=O)n(CCCCCC(C)(C)O)c(=O)n2CC. The van der Waals surface area contributed by atoms with Crippen molar-refractivity contribution < 1.29 is 5.11 Å². The predicted octanol–water partition coefficient (Wildman–Crippen LogP) is 1.73. The molecule has 2 heterocycles. The van der Waals surface area contributed by atoms with Gasteiger partial charge < -0.3 is 9.67 Å². The maximum Gasteiger partial charge on any atom is 0.332 e. The van der Waals surface area contributed by atoms with Crippen molar-refractivity contribution in [2.45, 2.75) is 78.6 Å². The van der Waals surface area contributed by atoms with E-state index in [-0.39, 0.29) is 11.2 Å². The third kappa shape index (κ3) is 3.77. The Hall–Kier alpha value is -1.89. The highest BCUT2D eigenvalue weighted by Gasteiger charge is 2.16. The van der Waals surface area contributed by atoms with Gasteiger partial charge in [0.25, 0.3) is 5.56 Å². The van der Waals surface area contributed by atoms with E-state index in [0.717, 1.165) is 19.3 Å². The van der Waals surface area contributed by atoms with E-state index in [0.29, 0.717) is 37.2 Å². The minimum atomic E-state index is -0.668. The number of hydrogen-bond acceptors (Lipinski definition) is 4. The number of hydrogen-bond donors (Lipinski definition) is 1. The summed E-state index contributed by atoms with van der Waals surface area (Å²) in [6, 6.07) is 0. The van der Waals surface area contributed by atoms with Gasteiger partial charge in [-0.25, -0.2) is 9.78 Å². The Morgan fingerprint density at radius 2 is 1.79 bits per heavy atom. The minimum Gasteiger partial charge on any atom is -0.390 e. The Bertz CT molecular complexity index is 808. The van der Waals surface area contributed by atoms with Crippen LogP contribution in [0.3, 0.4) is 0 Å². The predicted molar refractivity (Wildman–Crippen MR) is 94.4 cm³/mol. The van der Waals surface area contributed by atoms with E-state index in [1.807, 2.05) is 13.8 Å². The number of unbranched alkanes of at least 4 members (excludes halogenated alkanes) is 2. The molecule has 0 spiro atoms. The van der Waals surface area contributed by atoms with Crippen molar-refractivity contribution in [2.24, 2.45) is 0 Å².